The molecule has 3 aromatic rings. The van der Waals surface area contributed by atoms with Crippen molar-refractivity contribution < 1.29 is 14.0 Å². The van der Waals surface area contributed by atoms with Gasteiger partial charge in [0.2, 0.25) is 11.7 Å². The molecule has 2 aliphatic rings. The van der Waals surface area contributed by atoms with Crippen molar-refractivity contribution in [2.45, 2.75) is 51.0 Å². The normalized spacial score (nSPS) is 18.1. The van der Waals surface area contributed by atoms with E-state index in [-0.39, 0.29) is 11.7 Å². The number of nitrogens with one attached hydrogen (secondary N) is 3. The van der Waals surface area contributed by atoms with Crippen molar-refractivity contribution in [1.29, 1.82) is 0 Å². The summed E-state index contributed by atoms with van der Waals surface area (Å²) in [5.41, 5.74) is 3.01. The molecule has 0 saturated heterocycles. The molecule has 154 valence electrons. The number of anilines is 1. The van der Waals surface area contributed by atoms with E-state index in [0.29, 0.717) is 25.1 Å². The lowest BCUT2D eigenvalue weighted by Gasteiger charge is -2.16. The number of H-pyrrole nitrogens is 1. The summed E-state index contributed by atoms with van der Waals surface area (Å²) in [6.07, 6.45) is 5.70. The van der Waals surface area contributed by atoms with Crippen molar-refractivity contribution in [3.8, 4) is 0 Å². The van der Waals surface area contributed by atoms with Gasteiger partial charge >= 0.3 is 0 Å². The molecule has 0 fully saturated rings. The first-order chi connectivity index (χ1) is 14.7. The first-order valence-electron chi connectivity index (χ1n) is 10.4. The molecule has 3 N–H and O–H groups in total. The van der Waals surface area contributed by atoms with E-state index >= 15 is 0 Å². The highest BCUT2D eigenvalue weighted by molar-refractivity contribution is 6.01. The van der Waals surface area contributed by atoms with Crippen LogP contribution in [0.5, 0.6) is 0 Å². The Morgan fingerprint density at radius 2 is 1.93 bits per heavy atom. The maximum atomic E-state index is 12.8. The number of nitrogens with zero attached hydrogens (tertiary/aromatic N) is 2. The van der Waals surface area contributed by atoms with E-state index in [1.54, 1.807) is 0 Å². The molecule has 3 heterocycles. The average molecular weight is 405 g/mol. The number of rotatable bonds is 4. The molecule has 1 unspecified atom stereocenters. The van der Waals surface area contributed by atoms with Gasteiger partial charge in [-0.05, 0) is 31.2 Å². The smallest absolute Gasteiger partial charge is 0.289 e. The quantitative estimate of drug-likeness (QED) is 0.617. The highest BCUT2D eigenvalue weighted by atomic mass is 16.3. The standard InChI is InChI=1S/C22H23N5O3/c28-21-15(10-11-17-19(25-21)14-8-4-5-9-16(14)30-17)23-22(29)20-24-18(26-27-20)12-13-6-2-1-3-7-13/h1-3,6-7,15H,4-5,8-12H2,(H,23,29)(H,25,28)(H,24,26,27). The maximum Gasteiger partial charge on any atom is 0.289 e. The van der Waals surface area contributed by atoms with Crippen LogP contribution in [-0.4, -0.2) is 33.0 Å². The van der Waals surface area contributed by atoms with Gasteiger partial charge in [-0.3, -0.25) is 9.59 Å². The molecule has 0 spiro atoms. The first kappa shape index (κ1) is 18.6. The fraction of sp³-hybridized carbons (Fsp3) is 0.364. The van der Waals surface area contributed by atoms with Crippen LogP contribution in [0.2, 0.25) is 0 Å². The molecule has 1 atom stereocenters. The Labute approximate surface area is 173 Å². The van der Waals surface area contributed by atoms with Gasteiger partial charge in [0.25, 0.3) is 5.91 Å². The predicted molar refractivity (Wildman–Crippen MR) is 109 cm³/mol. The second-order valence-electron chi connectivity index (χ2n) is 7.85. The number of aryl methyl sites for hydroxylation is 2. The van der Waals surface area contributed by atoms with Crippen LogP contribution in [0, 0.1) is 0 Å². The van der Waals surface area contributed by atoms with Crippen molar-refractivity contribution in [2.75, 3.05) is 5.32 Å². The predicted octanol–water partition coefficient (Wildman–Crippen LogP) is 2.55. The van der Waals surface area contributed by atoms with Gasteiger partial charge < -0.3 is 20.0 Å². The Bertz CT molecular complexity index is 1090. The number of hydrogen-bond donors (Lipinski definition) is 3. The topological polar surface area (TPSA) is 113 Å². The van der Waals surface area contributed by atoms with E-state index in [1.807, 2.05) is 30.3 Å². The van der Waals surface area contributed by atoms with Crippen molar-refractivity contribution in [2.24, 2.45) is 0 Å². The summed E-state index contributed by atoms with van der Waals surface area (Å²) < 4.78 is 6.00. The van der Waals surface area contributed by atoms with Crippen molar-refractivity contribution >= 4 is 17.5 Å². The summed E-state index contributed by atoms with van der Waals surface area (Å²) in [4.78, 5) is 28.3. The fourth-order valence-corrected chi connectivity index (χ4v) is 4.19. The highest BCUT2D eigenvalue weighted by Gasteiger charge is 2.31. The van der Waals surface area contributed by atoms with Gasteiger partial charge in [0, 0.05) is 24.8 Å². The van der Waals surface area contributed by atoms with E-state index in [0.717, 1.165) is 54.0 Å². The molecule has 8 heteroatoms. The third-order valence-electron chi connectivity index (χ3n) is 5.74. The first-order valence-corrected chi connectivity index (χ1v) is 10.4. The zero-order chi connectivity index (χ0) is 20.5. The minimum absolute atomic E-state index is 0.104. The number of amides is 2. The summed E-state index contributed by atoms with van der Waals surface area (Å²) in [5.74, 6) is 1.86. The molecule has 0 bridgehead atoms. The largest absolute Gasteiger partial charge is 0.464 e. The number of carbonyl (C=O) groups is 2. The summed E-state index contributed by atoms with van der Waals surface area (Å²) >= 11 is 0. The summed E-state index contributed by atoms with van der Waals surface area (Å²) in [5, 5.41) is 13.8. The van der Waals surface area contributed by atoms with Crippen molar-refractivity contribution in [3.63, 3.8) is 0 Å². The summed E-state index contributed by atoms with van der Waals surface area (Å²) in [6.45, 7) is 0. The number of aromatic nitrogens is 3. The van der Waals surface area contributed by atoms with Crippen LogP contribution in [0.3, 0.4) is 0 Å². The number of aromatic amines is 1. The Balaban J connectivity index is 1.25. The van der Waals surface area contributed by atoms with Crippen LogP contribution in [0.4, 0.5) is 5.69 Å². The Morgan fingerprint density at radius 1 is 1.10 bits per heavy atom. The van der Waals surface area contributed by atoms with E-state index in [9.17, 15) is 9.59 Å². The van der Waals surface area contributed by atoms with Crippen molar-refractivity contribution in [3.05, 3.63) is 64.6 Å². The number of hydrogen-bond acceptors (Lipinski definition) is 5. The van der Waals surface area contributed by atoms with E-state index in [1.165, 1.54) is 0 Å². The third-order valence-corrected chi connectivity index (χ3v) is 5.74. The molecule has 2 aromatic heterocycles. The SMILES string of the molecule is O=C(NC1CCc2oc3c(c2NC1=O)CCCC3)c1nnc(Cc2ccccc2)[nH]1. The van der Waals surface area contributed by atoms with Crippen LogP contribution in [0.1, 0.15) is 58.4 Å². The van der Waals surface area contributed by atoms with Crippen molar-refractivity contribution in [1.82, 2.24) is 20.5 Å². The summed E-state index contributed by atoms with van der Waals surface area (Å²) in [7, 11) is 0. The minimum atomic E-state index is -0.651. The van der Waals surface area contributed by atoms with E-state index in [2.05, 4.69) is 25.8 Å². The molecular formula is C22H23N5O3. The van der Waals surface area contributed by atoms with Crippen LogP contribution in [-0.2, 0) is 30.5 Å². The Hall–Kier alpha value is -3.42. The molecule has 2 amide bonds. The van der Waals surface area contributed by atoms with Gasteiger partial charge in [0.15, 0.2) is 0 Å². The van der Waals surface area contributed by atoms with E-state index < -0.39 is 11.9 Å². The second-order valence-corrected chi connectivity index (χ2v) is 7.85. The number of furan rings is 1. The van der Waals surface area contributed by atoms with Gasteiger partial charge in [-0.1, -0.05) is 30.3 Å². The Morgan fingerprint density at radius 3 is 2.80 bits per heavy atom. The zero-order valence-electron chi connectivity index (χ0n) is 16.5. The third kappa shape index (κ3) is 3.60. The number of carbonyl (C=O) groups excluding carboxylic acids is 2. The van der Waals surface area contributed by atoms with Gasteiger partial charge in [0.05, 0.1) is 5.69 Å². The molecule has 5 rings (SSSR count). The monoisotopic (exact) mass is 405 g/mol. The maximum absolute atomic E-state index is 12.8. The summed E-state index contributed by atoms with van der Waals surface area (Å²) in [6, 6.07) is 9.17. The lowest BCUT2D eigenvalue weighted by molar-refractivity contribution is -0.118. The average Bonchev–Trinajstić information content (AvgIpc) is 3.33. The van der Waals surface area contributed by atoms with Crippen LogP contribution in [0.15, 0.2) is 34.7 Å². The van der Waals surface area contributed by atoms with E-state index in [4.69, 9.17) is 4.42 Å². The van der Waals surface area contributed by atoms with Crippen LogP contribution >= 0.6 is 0 Å². The lowest BCUT2D eigenvalue weighted by Crippen LogP contribution is -2.43. The number of benzene rings is 1. The molecular weight excluding hydrogens is 382 g/mol. The molecule has 1 aliphatic heterocycles. The van der Waals surface area contributed by atoms with Crippen LogP contribution in [0.25, 0.3) is 0 Å². The molecule has 1 aliphatic carbocycles. The van der Waals surface area contributed by atoms with Gasteiger partial charge in [-0.25, -0.2) is 0 Å². The Kier molecular flexibility index (Phi) is 4.82. The lowest BCUT2D eigenvalue weighted by atomic mass is 9.97. The molecule has 0 radical (unpaired) electrons. The number of fused-ring (bicyclic) bond motifs is 3. The van der Waals surface area contributed by atoms with Crippen LogP contribution < -0.4 is 10.6 Å². The molecule has 0 saturated carbocycles. The zero-order valence-corrected chi connectivity index (χ0v) is 16.5. The molecule has 8 nitrogen and oxygen atoms in total. The minimum Gasteiger partial charge on any atom is -0.464 e. The van der Waals surface area contributed by atoms with Gasteiger partial charge in [-0.2, -0.15) is 0 Å². The molecule has 1 aromatic carbocycles. The van der Waals surface area contributed by atoms with Gasteiger partial charge in [-0.15, -0.1) is 10.2 Å². The fourth-order valence-electron chi connectivity index (χ4n) is 4.19. The van der Waals surface area contributed by atoms with Gasteiger partial charge in [0.1, 0.15) is 23.4 Å². The molecule has 30 heavy (non-hydrogen) atoms. The highest BCUT2D eigenvalue weighted by Crippen LogP contribution is 2.36. The second kappa shape index (κ2) is 7.78.